The SMILES string of the molecule is CNCC1CCN(CC(=O)N2CCN(C)CC2)C1. The van der Waals surface area contributed by atoms with E-state index in [0.717, 1.165) is 51.7 Å². The topological polar surface area (TPSA) is 38.8 Å². The number of nitrogens with one attached hydrogen (secondary N) is 1. The molecule has 1 atom stereocenters. The van der Waals surface area contributed by atoms with Gasteiger partial charge >= 0.3 is 0 Å². The number of rotatable bonds is 4. The second-order valence-corrected chi connectivity index (χ2v) is 5.63. The van der Waals surface area contributed by atoms with Gasteiger partial charge < -0.3 is 15.1 Å². The first-order valence-electron chi connectivity index (χ1n) is 7.02. The van der Waals surface area contributed by atoms with Crippen molar-refractivity contribution in [3.63, 3.8) is 0 Å². The third-order valence-corrected chi connectivity index (χ3v) is 4.08. The predicted octanol–water partition coefficient (Wildman–Crippen LogP) is -0.698. The van der Waals surface area contributed by atoms with Gasteiger partial charge in [0, 0.05) is 32.7 Å². The molecule has 1 unspecified atom stereocenters. The predicted molar refractivity (Wildman–Crippen MR) is 72.6 cm³/mol. The summed E-state index contributed by atoms with van der Waals surface area (Å²) in [7, 11) is 4.11. The summed E-state index contributed by atoms with van der Waals surface area (Å²) < 4.78 is 0. The third-order valence-electron chi connectivity index (χ3n) is 4.08. The van der Waals surface area contributed by atoms with Crippen molar-refractivity contribution in [2.45, 2.75) is 6.42 Å². The molecule has 0 saturated carbocycles. The number of nitrogens with zero attached hydrogens (tertiary/aromatic N) is 3. The number of hydrogen-bond acceptors (Lipinski definition) is 4. The van der Waals surface area contributed by atoms with Crippen LogP contribution in [0.4, 0.5) is 0 Å². The Morgan fingerprint density at radius 3 is 2.61 bits per heavy atom. The molecule has 104 valence electrons. The van der Waals surface area contributed by atoms with Crippen molar-refractivity contribution in [3.05, 3.63) is 0 Å². The molecule has 0 aromatic carbocycles. The van der Waals surface area contributed by atoms with Gasteiger partial charge in [-0.1, -0.05) is 0 Å². The zero-order chi connectivity index (χ0) is 13.0. The first-order chi connectivity index (χ1) is 8.69. The van der Waals surface area contributed by atoms with Gasteiger partial charge in [0.05, 0.1) is 6.54 Å². The molecule has 18 heavy (non-hydrogen) atoms. The second kappa shape index (κ2) is 6.50. The molecule has 2 aliphatic rings. The Kier molecular flexibility index (Phi) is 4.97. The van der Waals surface area contributed by atoms with E-state index in [2.05, 4.69) is 22.2 Å². The Balaban J connectivity index is 1.71. The molecule has 5 heteroatoms. The number of piperazine rings is 1. The summed E-state index contributed by atoms with van der Waals surface area (Å²) in [4.78, 5) is 18.8. The minimum atomic E-state index is 0.313. The standard InChI is InChI=1S/C13H26N4O/c1-14-9-12-3-4-16(10-12)11-13(18)17-7-5-15(2)6-8-17/h12,14H,3-11H2,1-2H3. The molecule has 2 fully saturated rings. The van der Waals surface area contributed by atoms with Crippen molar-refractivity contribution in [2.75, 3.05) is 66.5 Å². The number of amides is 1. The largest absolute Gasteiger partial charge is 0.339 e. The maximum Gasteiger partial charge on any atom is 0.236 e. The number of carbonyl (C=O) groups excluding carboxylic acids is 1. The Labute approximate surface area is 110 Å². The van der Waals surface area contributed by atoms with Gasteiger partial charge in [-0.3, -0.25) is 9.69 Å². The van der Waals surface area contributed by atoms with Crippen LogP contribution in [0.1, 0.15) is 6.42 Å². The van der Waals surface area contributed by atoms with Crippen LogP contribution in [0.5, 0.6) is 0 Å². The third kappa shape index (κ3) is 3.67. The maximum absolute atomic E-state index is 12.2. The van der Waals surface area contributed by atoms with Crippen LogP contribution in [-0.4, -0.2) is 87.1 Å². The van der Waals surface area contributed by atoms with E-state index in [4.69, 9.17) is 0 Å². The summed E-state index contributed by atoms with van der Waals surface area (Å²) in [6.45, 7) is 7.63. The van der Waals surface area contributed by atoms with E-state index in [1.165, 1.54) is 6.42 Å². The summed E-state index contributed by atoms with van der Waals surface area (Å²) >= 11 is 0. The molecule has 2 rings (SSSR count). The zero-order valence-corrected chi connectivity index (χ0v) is 11.7. The smallest absolute Gasteiger partial charge is 0.236 e. The van der Waals surface area contributed by atoms with Crippen LogP contribution in [0, 0.1) is 5.92 Å². The Hall–Kier alpha value is -0.650. The van der Waals surface area contributed by atoms with E-state index in [9.17, 15) is 4.79 Å². The van der Waals surface area contributed by atoms with E-state index in [1.807, 2.05) is 11.9 Å². The van der Waals surface area contributed by atoms with Crippen molar-refractivity contribution in [1.29, 1.82) is 0 Å². The van der Waals surface area contributed by atoms with Crippen LogP contribution in [0.25, 0.3) is 0 Å². The summed E-state index contributed by atoms with van der Waals surface area (Å²) in [6.07, 6.45) is 1.22. The quantitative estimate of drug-likeness (QED) is 0.720. The van der Waals surface area contributed by atoms with Gasteiger partial charge in [0.1, 0.15) is 0 Å². The summed E-state index contributed by atoms with van der Waals surface area (Å²) in [5.74, 6) is 1.03. The Bertz CT molecular complexity index is 276. The molecular weight excluding hydrogens is 228 g/mol. The lowest BCUT2D eigenvalue weighted by atomic mass is 10.1. The lowest BCUT2D eigenvalue weighted by Gasteiger charge is -2.33. The van der Waals surface area contributed by atoms with Gasteiger partial charge in [0.15, 0.2) is 0 Å². The molecule has 2 aliphatic heterocycles. The van der Waals surface area contributed by atoms with Crippen LogP contribution in [0.3, 0.4) is 0 Å². The fourth-order valence-electron chi connectivity index (χ4n) is 2.86. The molecule has 0 spiro atoms. The van der Waals surface area contributed by atoms with Crippen molar-refractivity contribution < 1.29 is 4.79 Å². The fraction of sp³-hybridized carbons (Fsp3) is 0.923. The van der Waals surface area contributed by atoms with Crippen LogP contribution in [0.2, 0.25) is 0 Å². The zero-order valence-electron chi connectivity index (χ0n) is 11.7. The highest BCUT2D eigenvalue weighted by molar-refractivity contribution is 5.78. The summed E-state index contributed by atoms with van der Waals surface area (Å²) in [5, 5.41) is 3.22. The molecule has 2 saturated heterocycles. The normalized spacial score (nSPS) is 26.8. The monoisotopic (exact) mass is 254 g/mol. The number of carbonyl (C=O) groups is 1. The highest BCUT2D eigenvalue weighted by Crippen LogP contribution is 2.15. The van der Waals surface area contributed by atoms with Gasteiger partial charge in [-0.2, -0.15) is 0 Å². The molecule has 1 N–H and O–H groups in total. The van der Waals surface area contributed by atoms with E-state index < -0.39 is 0 Å². The minimum Gasteiger partial charge on any atom is -0.339 e. The van der Waals surface area contributed by atoms with E-state index in [1.54, 1.807) is 0 Å². The average Bonchev–Trinajstić information content (AvgIpc) is 2.78. The molecule has 5 nitrogen and oxygen atoms in total. The molecule has 1 amide bonds. The van der Waals surface area contributed by atoms with Gasteiger partial charge in [0.2, 0.25) is 5.91 Å². The van der Waals surface area contributed by atoms with Gasteiger partial charge in [-0.15, -0.1) is 0 Å². The maximum atomic E-state index is 12.2. The van der Waals surface area contributed by atoms with Crippen molar-refractivity contribution in [2.24, 2.45) is 5.92 Å². The average molecular weight is 254 g/mol. The van der Waals surface area contributed by atoms with E-state index >= 15 is 0 Å². The lowest BCUT2D eigenvalue weighted by Crippen LogP contribution is -2.49. The highest BCUT2D eigenvalue weighted by Gasteiger charge is 2.26. The van der Waals surface area contributed by atoms with Gasteiger partial charge in [0.25, 0.3) is 0 Å². The Morgan fingerprint density at radius 2 is 1.94 bits per heavy atom. The van der Waals surface area contributed by atoms with Crippen LogP contribution >= 0.6 is 0 Å². The Morgan fingerprint density at radius 1 is 1.22 bits per heavy atom. The molecule has 0 aromatic heterocycles. The van der Waals surface area contributed by atoms with Crippen molar-refractivity contribution in [1.82, 2.24) is 20.0 Å². The van der Waals surface area contributed by atoms with E-state index in [0.29, 0.717) is 12.5 Å². The van der Waals surface area contributed by atoms with E-state index in [-0.39, 0.29) is 0 Å². The lowest BCUT2D eigenvalue weighted by molar-refractivity contribution is -0.133. The second-order valence-electron chi connectivity index (χ2n) is 5.63. The molecule has 2 heterocycles. The van der Waals surface area contributed by atoms with Crippen LogP contribution in [0.15, 0.2) is 0 Å². The number of hydrogen-bond donors (Lipinski definition) is 1. The number of likely N-dealkylation sites (N-methyl/N-ethyl adjacent to an activating group) is 1. The van der Waals surface area contributed by atoms with Crippen LogP contribution < -0.4 is 5.32 Å². The van der Waals surface area contributed by atoms with Crippen molar-refractivity contribution >= 4 is 5.91 Å². The van der Waals surface area contributed by atoms with Gasteiger partial charge in [-0.25, -0.2) is 0 Å². The first-order valence-corrected chi connectivity index (χ1v) is 7.02. The minimum absolute atomic E-state index is 0.313. The first kappa shape index (κ1) is 13.8. The van der Waals surface area contributed by atoms with Gasteiger partial charge in [-0.05, 0) is 39.5 Å². The molecule has 0 bridgehead atoms. The van der Waals surface area contributed by atoms with Crippen molar-refractivity contribution in [3.8, 4) is 0 Å². The molecule has 0 radical (unpaired) electrons. The molecule has 0 aromatic rings. The molecular formula is C13H26N4O. The fourth-order valence-corrected chi connectivity index (χ4v) is 2.86. The number of likely N-dealkylation sites (tertiary alicyclic amines) is 1. The summed E-state index contributed by atoms with van der Waals surface area (Å²) in [5.41, 5.74) is 0. The summed E-state index contributed by atoms with van der Waals surface area (Å²) in [6, 6.07) is 0. The highest BCUT2D eigenvalue weighted by atomic mass is 16.2. The molecule has 0 aliphatic carbocycles. The van der Waals surface area contributed by atoms with Crippen LogP contribution in [-0.2, 0) is 4.79 Å².